The molecule has 44 heavy (non-hydrogen) atoms. The summed E-state index contributed by atoms with van der Waals surface area (Å²) in [7, 11) is 0. The molecule has 0 heterocycles. The fourth-order valence-corrected chi connectivity index (χ4v) is 4.26. The molecule has 5 aromatic rings. The minimum Gasteiger partial charge on any atom is -0.0622 e. The van der Waals surface area contributed by atoms with E-state index in [0.717, 1.165) is 0 Å². The maximum atomic E-state index is 2.22. The number of hydrogen-bond donors (Lipinski definition) is 0. The van der Waals surface area contributed by atoms with Gasteiger partial charge in [-0.3, -0.25) is 0 Å². The smallest absolute Gasteiger partial charge is 0.0132 e. The zero-order chi connectivity index (χ0) is 33.3. The minimum absolute atomic E-state index is 0.293. The number of aryl methyl sites for hydroxylation is 8. The molecule has 5 aromatic carbocycles. The third-order valence-electron chi connectivity index (χ3n) is 7.75. The van der Waals surface area contributed by atoms with E-state index in [1.807, 2.05) is 18.2 Å². The first-order chi connectivity index (χ1) is 20.6. The SMILES string of the molecule is CC(C)(C)c1ccccc1.Cc1cc(C)c(C)c(C)c1.Cc1ccc(C)cc1.Cc1cccc(C)c1C.Cc1ccccc1. The van der Waals surface area contributed by atoms with E-state index in [0.29, 0.717) is 5.41 Å². The van der Waals surface area contributed by atoms with Gasteiger partial charge in [0.15, 0.2) is 0 Å². The third-order valence-corrected chi connectivity index (χ3v) is 7.75. The predicted molar refractivity (Wildman–Crippen MR) is 198 cm³/mol. The largest absolute Gasteiger partial charge is 0.0622 e. The van der Waals surface area contributed by atoms with Crippen LogP contribution in [-0.2, 0) is 5.41 Å². The van der Waals surface area contributed by atoms with Crippen molar-refractivity contribution in [2.24, 2.45) is 0 Å². The van der Waals surface area contributed by atoms with Gasteiger partial charge in [-0.2, -0.15) is 0 Å². The van der Waals surface area contributed by atoms with E-state index in [1.54, 1.807) is 0 Å². The van der Waals surface area contributed by atoms with Gasteiger partial charge < -0.3 is 0 Å². The van der Waals surface area contributed by atoms with Crippen molar-refractivity contribution in [3.8, 4) is 0 Å². The summed E-state index contributed by atoms with van der Waals surface area (Å²) >= 11 is 0. The predicted octanol–water partition coefficient (Wildman–Crippen LogP) is 12.8. The fourth-order valence-electron chi connectivity index (χ4n) is 4.26. The monoisotopic (exact) mass is 586 g/mol. The van der Waals surface area contributed by atoms with Gasteiger partial charge in [0.25, 0.3) is 0 Å². The Kier molecular flexibility index (Phi) is 16.8. The molecule has 0 atom stereocenters. The van der Waals surface area contributed by atoms with Crippen LogP contribution in [0.3, 0.4) is 0 Å². The van der Waals surface area contributed by atoms with Gasteiger partial charge in [0.2, 0.25) is 0 Å². The van der Waals surface area contributed by atoms with E-state index >= 15 is 0 Å². The van der Waals surface area contributed by atoms with Gasteiger partial charge in [-0.15, -0.1) is 0 Å². The molecule has 0 amide bonds. The van der Waals surface area contributed by atoms with Crippen LogP contribution in [0.15, 0.2) is 115 Å². The lowest BCUT2D eigenvalue weighted by Crippen LogP contribution is -2.10. The summed E-state index contributed by atoms with van der Waals surface area (Å²) in [5.74, 6) is 0. The van der Waals surface area contributed by atoms with Crippen LogP contribution in [0.5, 0.6) is 0 Å². The highest BCUT2D eigenvalue weighted by Crippen LogP contribution is 2.20. The van der Waals surface area contributed by atoms with E-state index in [4.69, 9.17) is 0 Å². The molecular formula is C44H58. The van der Waals surface area contributed by atoms with Crippen molar-refractivity contribution in [1.82, 2.24) is 0 Å². The molecule has 0 fully saturated rings. The van der Waals surface area contributed by atoms with Gasteiger partial charge in [-0.1, -0.05) is 158 Å². The lowest BCUT2D eigenvalue weighted by molar-refractivity contribution is 0.590. The van der Waals surface area contributed by atoms with Crippen molar-refractivity contribution < 1.29 is 0 Å². The Balaban J connectivity index is 0.000000276. The Bertz CT molecular complexity index is 1420. The summed E-state index contributed by atoms with van der Waals surface area (Å²) in [4.78, 5) is 0. The second kappa shape index (κ2) is 19.4. The molecule has 0 aromatic heterocycles. The number of rotatable bonds is 0. The molecule has 0 saturated carbocycles. The first-order valence-electron chi connectivity index (χ1n) is 15.8. The van der Waals surface area contributed by atoms with E-state index < -0.39 is 0 Å². The maximum absolute atomic E-state index is 2.22. The molecule has 0 aliphatic rings. The van der Waals surface area contributed by atoms with Gasteiger partial charge in [-0.25, -0.2) is 0 Å². The molecule has 0 aliphatic heterocycles. The molecule has 0 aliphatic carbocycles. The van der Waals surface area contributed by atoms with Crippen molar-refractivity contribution in [1.29, 1.82) is 0 Å². The highest BCUT2D eigenvalue weighted by atomic mass is 14.2. The van der Waals surface area contributed by atoms with Gasteiger partial charge in [0, 0.05) is 0 Å². The Hall–Kier alpha value is -3.90. The Morgan fingerprint density at radius 1 is 0.318 bits per heavy atom. The van der Waals surface area contributed by atoms with E-state index in [-0.39, 0.29) is 0 Å². The molecule has 0 unspecified atom stereocenters. The van der Waals surface area contributed by atoms with Crippen molar-refractivity contribution in [2.75, 3.05) is 0 Å². The Labute approximate surface area is 271 Å². The summed E-state index contributed by atoms with van der Waals surface area (Å²) in [5.41, 5.74) is 15.4. The van der Waals surface area contributed by atoms with Crippen molar-refractivity contribution in [2.45, 2.75) is 95.4 Å². The number of benzene rings is 5. The van der Waals surface area contributed by atoms with Crippen LogP contribution in [0.2, 0.25) is 0 Å². The molecule has 0 bridgehead atoms. The van der Waals surface area contributed by atoms with Crippen LogP contribution in [0.25, 0.3) is 0 Å². The molecular weight excluding hydrogens is 528 g/mol. The molecule has 0 nitrogen and oxygen atoms in total. The van der Waals surface area contributed by atoms with Gasteiger partial charge in [-0.05, 0) is 114 Å². The quantitative estimate of drug-likeness (QED) is 0.169. The summed E-state index contributed by atoms with van der Waals surface area (Å²) in [6, 6.07) is 40.1. The highest BCUT2D eigenvalue weighted by Gasteiger charge is 2.11. The van der Waals surface area contributed by atoms with Crippen molar-refractivity contribution in [3.05, 3.63) is 176 Å². The van der Waals surface area contributed by atoms with E-state index in [2.05, 4.69) is 187 Å². The van der Waals surface area contributed by atoms with Crippen LogP contribution in [0.1, 0.15) is 82.0 Å². The first kappa shape index (κ1) is 38.1. The minimum atomic E-state index is 0.293. The average Bonchev–Trinajstić information content (AvgIpc) is 2.98. The summed E-state index contributed by atoms with van der Waals surface area (Å²) in [6.45, 7) is 28.0. The molecule has 0 saturated heterocycles. The molecule has 5 rings (SSSR count). The summed E-state index contributed by atoms with van der Waals surface area (Å²) in [5, 5.41) is 0. The molecule has 0 radical (unpaired) electrons. The van der Waals surface area contributed by atoms with E-state index in [1.165, 1.54) is 61.2 Å². The second-order valence-corrected chi connectivity index (χ2v) is 13.0. The third kappa shape index (κ3) is 15.5. The van der Waals surface area contributed by atoms with Crippen LogP contribution in [0.4, 0.5) is 0 Å². The highest BCUT2D eigenvalue weighted by molar-refractivity contribution is 5.36. The standard InChI is InChI=1S/2C10H14.C9H12.C8H10.C7H8/c1-7-5-8(2)10(4)9(3)6-7;1-10(2,3)9-7-5-4-6-8-9;1-7-5-4-6-8(2)9(7)3;1-7-3-5-8(2)6-4-7;1-7-5-3-2-4-6-7/h5-6H,1-4H3;4-8H,1-3H3;4-6H,1-3H3;3-6H,1-2H3;2-6H,1H3. The Morgan fingerprint density at radius 2 is 0.659 bits per heavy atom. The normalized spacial score (nSPS) is 9.93. The zero-order valence-corrected chi connectivity index (χ0v) is 30.0. The van der Waals surface area contributed by atoms with Crippen molar-refractivity contribution in [3.63, 3.8) is 0 Å². The number of hydrogen-bond acceptors (Lipinski definition) is 0. The van der Waals surface area contributed by atoms with Gasteiger partial charge in [0.1, 0.15) is 0 Å². The van der Waals surface area contributed by atoms with Crippen LogP contribution >= 0.6 is 0 Å². The van der Waals surface area contributed by atoms with Gasteiger partial charge in [0.05, 0.1) is 0 Å². The maximum Gasteiger partial charge on any atom is -0.0132 e. The van der Waals surface area contributed by atoms with Crippen molar-refractivity contribution >= 4 is 0 Å². The lowest BCUT2D eigenvalue weighted by atomic mass is 9.87. The molecule has 0 heteroatoms. The fraction of sp³-hybridized carbons (Fsp3) is 0.318. The van der Waals surface area contributed by atoms with E-state index in [9.17, 15) is 0 Å². The van der Waals surface area contributed by atoms with Crippen LogP contribution in [-0.4, -0.2) is 0 Å². The Morgan fingerprint density at radius 3 is 0.955 bits per heavy atom. The van der Waals surface area contributed by atoms with Gasteiger partial charge >= 0.3 is 0 Å². The average molecular weight is 587 g/mol. The van der Waals surface area contributed by atoms with Crippen LogP contribution < -0.4 is 0 Å². The summed E-state index contributed by atoms with van der Waals surface area (Å²) < 4.78 is 0. The second-order valence-electron chi connectivity index (χ2n) is 13.0. The lowest BCUT2D eigenvalue weighted by Gasteiger charge is -2.18. The molecule has 0 N–H and O–H groups in total. The summed E-state index contributed by atoms with van der Waals surface area (Å²) in [6.07, 6.45) is 0. The zero-order valence-electron chi connectivity index (χ0n) is 30.0. The molecule has 234 valence electrons. The topological polar surface area (TPSA) is 0 Å². The first-order valence-corrected chi connectivity index (χ1v) is 15.8. The van der Waals surface area contributed by atoms with Crippen LogP contribution in [0, 0.1) is 69.2 Å². The molecule has 0 spiro atoms.